The number of carbonyl (C=O) groups excluding carboxylic acids is 2. The van der Waals surface area contributed by atoms with Gasteiger partial charge in [-0.3, -0.25) is 9.59 Å². The fourth-order valence-electron chi connectivity index (χ4n) is 1.64. The molecule has 1 aromatic rings. The number of carboxylic acids is 1. The zero-order valence-electron chi connectivity index (χ0n) is 11.9. The first-order valence-electron chi connectivity index (χ1n) is 6.30. The van der Waals surface area contributed by atoms with Crippen molar-refractivity contribution >= 4 is 17.8 Å². The van der Waals surface area contributed by atoms with E-state index in [-0.39, 0.29) is 6.61 Å². The lowest BCUT2D eigenvalue weighted by Crippen LogP contribution is -2.45. The van der Waals surface area contributed by atoms with Crippen molar-refractivity contribution in [3.8, 4) is 5.75 Å². The van der Waals surface area contributed by atoms with Crippen LogP contribution in [0.1, 0.15) is 17.5 Å². The van der Waals surface area contributed by atoms with Crippen LogP contribution in [0.5, 0.6) is 5.75 Å². The molecular formula is C14H18N2O5. The van der Waals surface area contributed by atoms with Gasteiger partial charge in [-0.1, -0.05) is 12.1 Å². The Balaban J connectivity index is 2.58. The van der Waals surface area contributed by atoms with Crippen LogP contribution in [0.25, 0.3) is 0 Å². The first-order valence-corrected chi connectivity index (χ1v) is 6.30. The molecule has 114 valence electrons. The Morgan fingerprint density at radius 2 is 2.00 bits per heavy atom. The number of rotatable bonds is 7. The number of primary amides is 1. The topological polar surface area (TPSA) is 119 Å². The molecule has 0 unspecified atom stereocenters. The molecule has 0 aliphatic carbocycles. The van der Waals surface area contributed by atoms with Gasteiger partial charge in [0.05, 0.1) is 6.42 Å². The van der Waals surface area contributed by atoms with Crippen molar-refractivity contribution in [2.24, 2.45) is 5.73 Å². The second kappa shape index (κ2) is 7.28. The van der Waals surface area contributed by atoms with E-state index >= 15 is 0 Å². The average molecular weight is 294 g/mol. The van der Waals surface area contributed by atoms with E-state index in [1.807, 2.05) is 26.0 Å². The molecule has 4 N–H and O–H groups in total. The quantitative estimate of drug-likeness (QED) is 0.660. The van der Waals surface area contributed by atoms with Crippen LogP contribution in [-0.4, -0.2) is 35.5 Å². The molecule has 0 fully saturated rings. The maximum absolute atomic E-state index is 11.7. The van der Waals surface area contributed by atoms with E-state index in [0.717, 1.165) is 11.1 Å². The van der Waals surface area contributed by atoms with Crippen molar-refractivity contribution < 1.29 is 24.2 Å². The second-order valence-corrected chi connectivity index (χ2v) is 4.69. The van der Waals surface area contributed by atoms with Gasteiger partial charge in [-0.2, -0.15) is 0 Å². The number of hydrogen-bond acceptors (Lipinski definition) is 4. The van der Waals surface area contributed by atoms with Gasteiger partial charge >= 0.3 is 5.97 Å². The Hall–Kier alpha value is -2.57. The molecule has 0 saturated heterocycles. The number of aryl methyl sites for hydroxylation is 2. The fourth-order valence-corrected chi connectivity index (χ4v) is 1.64. The van der Waals surface area contributed by atoms with Gasteiger partial charge in [0.2, 0.25) is 5.91 Å². The summed E-state index contributed by atoms with van der Waals surface area (Å²) in [6, 6.07) is 4.20. The van der Waals surface area contributed by atoms with Crippen LogP contribution in [0.2, 0.25) is 0 Å². The molecule has 0 aliphatic rings. The first-order chi connectivity index (χ1) is 9.79. The normalized spacial score (nSPS) is 11.5. The lowest BCUT2D eigenvalue weighted by molar-refractivity contribution is -0.143. The highest BCUT2D eigenvalue weighted by Crippen LogP contribution is 2.18. The largest absolute Gasteiger partial charge is 0.483 e. The van der Waals surface area contributed by atoms with Gasteiger partial charge < -0.3 is 20.9 Å². The number of amides is 2. The number of carboxylic acid groups (broad SMARTS) is 1. The predicted octanol–water partition coefficient (Wildman–Crippen LogP) is 0.127. The van der Waals surface area contributed by atoms with E-state index in [4.69, 9.17) is 15.6 Å². The van der Waals surface area contributed by atoms with E-state index in [1.165, 1.54) is 0 Å². The lowest BCUT2D eigenvalue weighted by atomic mass is 10.1. The third kappa shape index (κ3) is 5.52. The molecule has 7 heteroatoms. The summed E-state index contributed by atoms with van der Waals surface area (Å²) in [4.78, 5) is 33.3. The standard InChI is InChI=1S/C14H18N2O5/c1-8-3-4-9(2)11(5-8)21-7-13(18)16-10(14(19)20)6-12(15)17/h3-5,10H,6-7H2,1-2H3,(H2,15,17)(H,16,18)(H,19,20)/t10-/m1/s1. The van der Waals surface area contributed by atoms with Crippen molar-refractivity contribution in [3.63, 3.8) is 0 Å². The number of benzene rings is 1. The third-order valence-electron chi connectivity index (χ3n) is 2.74. The Labute approximate surface area is 122 Å². The zero-order valence-corrected chi connectivity index (χ0v) is 11.9. The van der Waals surface area contributed by atoms with Crippen molar-refractivity contribution in [2.75, 3.05) is 6.61 Å². The maximum Gasteiger partial charge on any atom is 0.326 e. The smallest absolute Gasteiger partial charge is 0.326 e. The summed E-state index contributed by atoms with van der Waals surface area (Å²) < 4.78 is 5.34. The van der Waals surface area contributed by atoms with Crippen LogP contribution in [0, 0.1) is 13.8 Å². The number of nitrogens with two attached hydrogens (primary N) is 1. The molecular weight excluding hydrogens is 276 g/mol. The Kier molecular flexibility index (Phi) is 5.71. The molecule has 0 radical (unpaired) electrons. The number of aliphatic carboxylic acids is 1. The summed E-state index contributed by atoms with van der Waals surface area (Å²) in [6.45, 7) is 3.38. The number of ether oxygens (including phenoxy) is 1. The molecule has 0 bridgehead atoms. The van der Waals surface area contributed by atoms with Crippen LogP contribution in [0.4, 0.5) is 0 Å². The van der Waals surface area contributed by atoms with Crippen molar-refractivity contribution in [1.29, 1.82) is 0 Å². The van der Waals surface area contributed by atoms with Gasteiger partial charge in [-0.05, 0) is 31.0 Å². The molecule has 1 rings (SSSR count). The first kappa shape index (κ1) is 16.5. The molecule has 0 aromatic heterocycles. The predicted molar refractivity (Wildman–Crippen MR) is 74.8 cm³/mol. The van der Waals surface area contributed by atoms with E-state index < -0.39 is 30.2 Å². The summed E-state index contributed by atoms with van der Waals surface area (Å²) in [5.74, 6) is -2.22. The van der Waals surface area contributed by atoms with Crippen molar-refractivity contribution in [2.45, 2.75) is 26.3 Å². The van der Waals surface area contributed by atoms with E-state index in [9.17, 15) is 14.4 Å². The Morgan fingerprint density at radius 3 is 2.57 bits per heavy atom. The summed E-state index contributed by atoms with van der Waals surface area (Å²) in [6.07, 6.45) is -0.468. The van der Waals surface area contributed by atoms with Crippen LogP contribution >= 0.6 is 0 Å². The molecule has 0 aliphatic heterocycles. The van der Waals surface area contributed by atoms with Gasteiger partial charge in [0.25, 0.3) is 5.91 Å². The molecule has 1 aromatic carbocycles. The van der Waals surface area contributed by atoms with E-state index in [1.54, 1.807) is 6.07 Å². The third-order valence-corrected chi connectivity index (χ3v) is 2.74. The van der Waals surface area contributed by atoms with Gasteiger partial charge in [0, 0.05) is 0 Å². The molecule has 0 saturated carbocycles. The van der Waals surface area contributed by atoms with Gasteiger partial charge in [0.15, 0.2) is 6.61 Å². The minimum Gasteiger partial charge on any atom is -0.483 e. The molecule has 21 heavy (non-hydrogen) atoms. The Bertz CT molecular complexity index is 556. The van der Waals surface area contributed by atoms with E-state index in [2.05, 4.69) is 5.32 Å². The molecule has 0 heterocycles. The summed E-state index contributed by atoms with van der Waals surface area (Å²) in [5, 5.41) is 11.1. The highest BCUT2D eigenvalue weighted by atomic mass is 16.5. The highest BCUT2D eigenvalue weighted by Gasteiger charge is 2.22. The van der Waals surface area contributed by atoms with Crippen LogP contribution < -0.4 is 15.8 Å². The molecule has 0 spiro atoms. The summed E-state index contributed by atoms with van der Waals surface area (Å²) in [5.41, 5.74) is 6.76. The summed E-state index contributed by atoms with van der Waals surface area (Å²) >= 11 is 0. The van der Waals surface area contributed by atoms with Crippen molar-refractivity contribution in [3.05, 3.63) is 29.3 Å². The summed E-state index contributed by atoms with van der Waals surface area (Å²) in [7, 11) is 0. The van der Waals surface area contributed by atoms with Crippen LogP contribution in [0.3, 0.4) is 0 Å². The van der Waals surface area contributed by atoms with Crippen LogP contribution in [0.15, 0.2) is 18.2 Å². The van der Waals surface area contributed by atoms with Gasteiger partial charge in [-0.25, -0.2) is 4.79 Å². The van der Waals surface area contributed by atoms with Crippen molar-refractivity contribution in [1.82, 2.24) is 5.32 Å². The van der Waals surface area contributed by atoms with Gasteiger partial charge in [0.1, 0.15) is 11.8 Å². The maximum atomic E-state index is 11.7. The van der Waals surface area contributed by atoms with Gasteiger partial charge in [-0.15, -0.1) is 0 Å². The highest BCUT2D eigenvalue weighted by molar-refractivity contribution is 5.88. The second-order valence-electron chi connectivity index (χ2n) is 4.69. The fraction of sp³-hybridized carbons (Fsp3) is 0.357. The average Bonchev–Trinajstić information content (AvgIpc) is 2.38. The molecule has 1 atom stereocenters. The minimum atomic E-state index is -1.35. The number of carbonyl (C=O) groups is 3. The molecule has 7 nitrogen and oxygen atoms in total. The zero-order chi connectivity index (χ0) is 16.0. The van der Waals surface area contributed by atoms with E-state index in [0.29, 0.717) is 5.75 Å². The SMILES string of the molecule is Cc1ccc(C)c(OCC(=O)N[C@H](CC(N)=O)C(=O)O)c1. The van der Waals surface area contributed by atoms with Crippen LogP contribution in [-0.2, 0) is 14.4 Å². The minimum absolute atomic E-state index is 0.340. The number of hydrogen-bond donors (Lipinski definition) is 3. The number of nitrogens with one attached hydrogen (secondary N) is 1. The molecule has 2 amide bonds. The lowest BCUT2D eigenvalue weighted by Gasteiger charge is -2.14. The monoisotopic (exact) mass is 294 g/mol. The Morgan fingerprint density at radius 1 is 1.33 bits per heavy atom.